The molecule has 0 heterocycles. The smallest absolute Gasteiger partial charge is 0.131 e. The Labute approximate surface area is 93.5 Å². The van der Waals surface area contributed by atoms with Crippen molar-refractivity contribution in [3.05, 3.63) is 53.3 Å². The zero-order valence-electron chi connectivity index (χ0n) is 8.96. The summed E-state index contributed by atoms with van der Waals surface area (Å²) in [6.07, 6.45) is 0.682. The van der Waals surface area contributed by atoms with Crippen molar-refractivity contribution in [1.29, 1.82) is 0 Å². The molecule has 2 heteroatoms. The highest BCUT2D eigenvalue weighted by atomic mass is 19.1. The summed E-state index contributed by atoms with van der Waals surface area (Å²) in [4.78, 5) is 0. The predicted molar refractivity (Wildman–Crippen MR) is 61.2 cm³/mol. The second-order valence-electron chi connectivity index (χ2n) is 3.97. The number of ether oxygens (including phenoxy) is 1. The molecule has 2 aromatic carbocycles. The van der Waals surface area contributed by atoms with Gasteiger partial charge in [-0.25, -0.2) is 4.39 Å². The molecule has 0 aromatic heterocycles. The zero-order chi connectivity index (χ0) is 11.1. The van der Waals surface area contributed by atoms with E-state index in [-0.39, 0.29) is 5.82 Å². The largest absolute Gasteiger partial charge is 0.497 e. The molecule has 0 radical (unpaired) electrons. The lowest BCUT2D eigenvalue weighted by molar-refractivity contribution is 0.411. The van der Waals surface area contributed by atoms with Crippen LogP contribution >= 0.6 is 0 Å². The second-order valence-corrected chi connectivity index (χ2v) is 3.97. The van der Waals surface area contributed by atoms with Gasteiger partial charge in [-0.1, -0.05) is 24.3 Å². The first-order chi connectivity index (χ1) is 7.79. The van der Waals surface area contributed by atoms with E-state index in [0.29, 0.717) is 12.2 Å². The molecule has 0 aliphatic heterocycles. The average Bonchev–Trinajstić information content (AvgIpc) is 2.68. The maximum absolute atomic E-state index is 13.8. The van der Waals surface area contributed by atoms with Gasteiger partial charge in [-0.3, -0.25) is 0 Å². The lowest BCUT2D eigenvalue weighted by Gasteiger charge is -2.05. The Kier molecular flexibility index (Phi) is 1.96. The van der Waals surface area contributed by atoms with E-state index in [0.717, 1.165) is 16.7 Å². The van der Waals surface area contributed by atoms with Gasteiger partial charge in [-0.2, -0.15) is 0 Å². The highest BCUT2D eigenvalue weighted by molar-refractivity contribution is 5.77. The molecular formula is C14H11FO. The topological polar surface area (TPSA) is 9.23 Å². The Morgan fingerprint density at radius 2 is 1.94 bits per heavy atom. The molecule has 0 bridgehead atoms. The molecule has 0 N–H and O–H groups in total. The maximum atomic E-state index is 13.8. The van der Waals surface area contributed by atoms with Gasteiger partial charge in [-0.15, -0.1) is 0 Å². The van der Waals surface area contributed by atoms with E-state index in [4.69, 9.17) is 4.74 Å². The summed E-state index contributed by atoms with van der Waals surface area (Å²) in [6.45, 7) is 0. The Morgan fingerprint density at radius 1 is 1.12 bits per heavy atom. The van der Waals surface area contributed by atoms with Crippen molar-refractivity contribution in [3.63, 3.8) is 0 Å². The van der Waals surface area contributed by atoms with Crippen LogP contribution in [0.15, 0.2) is 36.4 Å². The van der Waals surface area contributed by atoms with Crippen LogP contribution in [0.4, 0.5) is 4.39 Å². The van der Waals surface area contributed by atoms with Gasteiger partial charge in [0.05, 0.1) is 7.11 Å². The number of fused-ring (bicyclic) bond motifs is 3. The maximum Gasteiger partial charge on any atom is 0.131 e. The van der Waals surface area contributed by atoms with E-state index in [1.165, 1.54) is 11.6 Å². The first kappa shape index (κ1) is 9.40. The van der Waals surface area contributed by atoms with Gasteiger partial charge in [-0.05, 0) is 22.8 Å². The Morgan fingerprint density at radius 3 is 2.75 bits per heavy atom. The van der Waals surface area contributed by atoms with Crippen LogP contribution in [0.25, 0.3) is 11.1 Å². The number of benzene rings is 2. The second kappa shape index (κ2) is 3.34. The van der Waals surface area contributed by atoms with Crippen LogP contribution in [0.3, 0.4) is 0 Å². The fraction of sp³-hybridized carbons (Fsp3) is 0.143. The van der Waals surface area contributed by atoms with Crippen molar-refractivity contribution in [2.75, 3.05) is 7.11 Å². The van der Waals surface area contributed by atoms with E-state index in [1.54, 1.807) is 7.11 Å². The van der Waals surface area contributed by atoms with Crippen molar-refractivity contribution < 1.29 is 9.13 Å². The van der Waals surface area contributed by atoms with Gasteiger partial charge in [0.2, 0.25) is 0 Å². The van der Waals surface area contributed by atoms with Gasteiger partial charge in [0.15, 0.2) is 0 Å². The molecule has 0 saturated heterocycles. The Balaban J connectivity index is 2.27. The molecule has 1 aliphatic rings. The molecule has 16 heavy (non-hydrogen) atoms. The third-order valence-electron chi connectivity index (χ3n) is 3.08. The molecular weight excluding hydrogens is 203 g/mol. The summed E-state index contributed by atoms with van der Waals surface area (Å²) in [5, 5.41) is 0. The third kappa shape index (κ3) is 1.23. The highest BCUT2D eigenvalue weighted by Crippen LogP contribution is 2.39. The molecule has 80 valence electrons. The molecule has 0 fully saturated rings. The predicted octanol–water partition coefficient (Wildman–Crippen LogP) is 3.41. The molecule has 0 spiro atoms. The summed E-state index contributed by atoms with van der Waals surface area (Å²) in [7, 11) is 1.56. The van der Waals surface area contributed by atoms with Gasteiger partial charge >= 0.3 is 0 Å². The van der Waals surface area contributed by atoms with Crippen LogP contribution in [0, 0.1) is 5.82 Å². The van der Waals surface area contributed by atoms with Crippen LogP contribution in [0.5, 0.6) is 5.75 Å². The number of hydrogen-bond donors (Lipinski definition) is 0. The van der Waals surface area contributed by atoms with E-state index in [2.05, 4.69) is 0 Å². The SMILES string of the molecule is COc1cc(F)c2c(c1)-c1ccccc1C2. The number of rotatable bonds is 1. The molecule has 0 atom stereocenters. The van der Waals surface area contributed by atoms with Gasteiger partial charge in [0, 0.05) is 18.1 Å². The van der Waals surface area contributed by atoms with Crippen molar-refractivity contribution in [2.45, 2.75) is 6.42 Å². The Hall–Kier alpha value is -1.83. The number of halogens is 1. The summed E-state index contributed by atoms with van der Waals surface area (Å²) in [5.74, 6) is 0.401. The number of methoxy groups -OCH3 is 1. The van der Waals surface area contributed by atoms with Crippen LogP contribution in [-0.2, 0) is 6.42 Å². The summed E-state index contributed by atoms with van der Waals surface area (Å²) >= 11 is 0. The molecule has 1 nitrogen and oxygen atoms in total. The Bertz CT molecular complexity index is 561. The van der Waals surface area contributed by atoms with Crippen LogP contribution in [0.2, 0.25) is 0 Å². The standard InChI is InChI=1S/C14H11FO/c1-16-10-7-12-11-5-3-2-4-9(11)6-13(12)14(15)8-10/h2-5,7-8H,6H2,1H3. The molecule has 0 amide bonds. The van der Waals surface area contributed by atoms with Crippen LogP contribution in [-0.4, -0.2) is 7.11 Å². The summed E-state index contributed by atoms with van der Waals surface area (Å²) < 4.78 is 18.9. The molecule has 3 rings (SSSR count). The molecule has 0 unspecified atom stereocenters. The van der Waals surface area contributed by atoms with Crippen LogP contribution in [0.1, 0.15) is 11.1 Å². The summed E-state index contributed by atoms with van der Waals surface area (Å²) in [6, 6.07) is 11.4. The van der Waals surface area contributed by atoms with Crippen molar-refractivity contribution in [2.24, 2.45) is 0 Å². The van der Waals surface area contributed by atoms with E-state index >= 15 is 0 Å². The van der Waals surface area contributed by atoms with Crippen LogP contribution < -0.4 is 4.74 Å². The van der Waals surface area contributed by atoms with Crippen molar-refractivity contribution in [3.8, 4) is 16.9 Å². The average molecular weight is 214 g/mol. The normalized spacial score (nSPS) is 12.1. The molecule has 0 saturated carbocycles. The first-order valence-electron chi connectivity index (χ1n) is 5.24. The zero-order valence-corrected chi connectivity index (χ0v) is 8.96. The van der Waals surface area contributed by atoms with E-state index in [1.807, 2.05) is 30.3 Å². The third-order valence-corrected chi connectivity index (χ3v) is 3.08. The minimum absolute atomic E-state index is 0.175. The van der Waals surface area contributed by atoms with E-state index in [9.17, 15) is 4.39 Å². The summed E-state index contributed by atoms with van der Waals surface area (Å²) in [5.41, 5.74) is 4.05. The van der Waals surface area contributed by atoms with Gasteiger partial charge in [0.1, 0.15) is 11.6 Å². The lowest BCUT2D eigenvalue weighted by atomic mass is 10.1. The molecule has 2 aromatic rings. The fourth-order valence-corrected chi connectivity index (χ4v) is 2.28. The number of hydrogen-bond acceptors (Lipinski definition) is 1. The highest BCUT2D eigenvalue weighted by Gasteiger charge is 2.22. The van der Waals surface area contributed by atoms with Crippen molar-refractivity contribution >= 4 is 0 Å². The monoisotopic (exact) mass is 214 g/mol. The first-order valence-corrected chi connectivity index (χ1v) is 5.24. The van der Waals surface area contributed by atoms with Gasteiger partial charge < -0.3 is 4.74 Å². The van der Waals surface area contributed by atoms with Gasteiger partial charge in [0.25, 0.3) is 0 Å². The lowest BCUT2D eigenvalue weighted by Crippen LogP contribution is -1.90. The van der Waals surface area contributed by atoms with E-state index < -0.39 is 0 Å². The minimum atomic E-state index is -0.175. The minimum Gasteiger partial charge on any atom is -0.497 e. The fourth-order valence-electron chi connectivity index (χ4n) is 2.28. The quantitative estimate of drug-likeness (QED) is 0.603. The molecule has 1 aliphatic carbocycles. The van der Waals surface area contributed by atoms with Crippen molar-refractivity contribution in [1.82, 2.24) is 0 Å².